The number of fused-ring (bicyclic) bond motifs is 8. The Balaban J connectivity index is 0.977. The molecule has 7 heteroatoms. The molecule has 1 aliphatic carbocycles. The van der Waals surface area contributed by atoms with Crippen LogP contribution >= 0.6 is 31.6 Å². The molecule has 0 saturated heterocycles. The molecule has 48 heavy (non-hydrogen) atoms. The molecule has 3 aliphatic rings. The van der Waals surface area contributed by atoms with E-state index in [-0.39, 0.29) is 17.9 Å². The standard InChI is InChI=1S/C41H29Cl2O4P/c42-27-17-19-35(44-24-34-40-33-13-2-1-9-29(33)30-10-3-6-14-37(30)45-41(34)40)25(22-27)21-26-23-28(43)18-20-36(26)46-48-39-16-8-5-12-32(39)31-11-4-7-15-38(31)47-48/h1-20,22-23,34,40-41H,21,24H2/t34?,40-,41?,48?/m0/s1. The molecule has 4 atom stereocenters. The minimum atomic E-state index is -1.44. The molecule has 0 spiro atoms. The summed E-state index contributed by atoms with van der Waals surface area (Å²) in [7, 11) is -1.44. The molecule has 0 amide bonds. The summed E-state index contributed by atoms with van der Waals surface area (Å²) in [6.45, 7) is 0.523. The van der Waals surface area contributed by atoms with Gasteiger partial charge < -0.3 is 18.5 Å². The topological polar surface area (TPSA) is 36.9 Å². The molecule has 0 N–H and O–H groups in total. The molecule has 4 nitrogen and oxygen atoms in total. The Morgan fingerprint density at radius 1 is 0.604 bits per heavy atom. The summed E-state index contributed by atoms with van der Waals surface area (Å²) < 4.78 is 26.3. The Bertz CT molecular complexity index is 2190. The molecular formula is C41H29Cl2O4P. The second kappa shape index (κ2) is 12.2. The number of rotatable bonds is 7. The van der Waals surface area contributed by atoms with E-state index in [0.29, 0.717) is 28.8 Å². The summed E-state index contributed by atoms with van der Waals surface area (Å²) in [5.41, 5.74) is 7.75. The number of halogens is 2. The molecule has 1 fully saturated rings. The van der Waals surface area contributed by atoms with Crippen LogP contribution in [-0.4, -0.2) is 12.7 Å². The Labute approximate surface area is 290 Å². The number of hydrogen-bond acceptors (Lipinski definition) is 4. The molecule has 2 aliphatic heterocycles. The van der Waals surface area contributed by atoms with Crippen LogP contribution in [0.25, 0.3) is 22.3 Å². The highest BCUT2D eigenvalue weighted by atomic mass is 35.5. The van der Waals surface area contributed by atoms with Gasteiger partial charge in [0.2, 0.25) is 0 Å². The van der Waals surface area contributed by atoms with E-state index < -0.39 is 8.38 Å². The molecule has 6 aromatic rings. The normalized spacial score (nSPS) is 19.5. The lowest BCUT2D eigenvalue weighted by atomic mass is 9.96. The Morgan fingerprint density at radius 3 is 2.00 bits per heavy atom. The highest BCUT2D eigenvalue weighted by Crippen LogP contribution is 2.56. The van der Waals surface area contributed by atoms with Gasteiger partial charge in [0.05, 0.1) is 11.9 Å². The first kappa shape index (κ1) is 29.7. The van der Waals surface area contributed by atoms with Crippen molar-refractivity contribution in [2.45, 2.75) is 18.4 Å². The SMILES string of the molecule is Clc1ccc(OCC2C3Oc4ccccc4-c4ccccc4[C@@H]23)c(Cc2cc(Cl)ccc2OP2Oc3ccccc3-c3ccccc32)c1. The summed E-state index contributed by atoms with van der Waals surface area (Å²) in [5.74, 6) is 3.72. The average Bonchev–Trinajstić information content (AvgIpc) is 3.83. The molecule has 1 saturated carbocycles. The van der Waals surface area contributed by atoms with Crippen molar-refractivity contribution in [1.82, 2.24) is 0 Å². The fourth-order valence-corrected chi connectivity index (χ4v) is 8.92. The van der Waals surface area contributed by atoms with Crippen molar-refractivity contribution in [2.75, 3.05) is 6.61 Å². The van der Waals surface area contributed by atoms with Crippen LogP contribution in [0, 0.1) is 5.92 Å². The smallest absolute Gasteiger partial charge is 0.326 e. The predicted octanol–water partition coefficient (Wildman–Crippen LogP) is 10.9. The van der Waals surface area contributed by atoms with Crippen molar-refractivity contribution in [3.63, 3.8) is 0 Å². The van der Waals surface area contributed by atoms with Crippen molar-refractivity contribution in [3.8, 4) is 45.3 Å². The Morgan fingerprint density at radius 2 is 1.21 bits per heavy atom. The van der Waals surface area contributed by atoms with Crippen molar-refractivity contribution in [3.05, 3.63) is 160 Å². The fraction of sp³-hybridized carbons (Fsp3) is 0.122. The van der Waals surface area contributed by atoms with Crippen molar-refractivity contribution < 1.29 is 18.5 Å². The van der Waals surface area contributed by atoms with Gasteiger partial charge in [-0.1, -0.05) is 102 Å². The van der Waals surface area contributed by atoms with E-state index in [1.807, 2.05) is 72.8 Å². The van der Waals surface area contributed by atoms with Gasteiger partial charge in [0, 0.05) is 50.6 Å². The van der Waals surface area contributed by atoms with Crippen LogP contribution < -0.4 is 23.8 Å². The molecule has 0 radical (unpaired) electrons. The summed E-state index contributed by atoms with van der Waals surface area (Å²) >= 11 is 13.1. The molecule has 0 aromatic heterocycles. The van der Waals surface area contributed by atoms with E-state index in [4.69, 9.17) is 41.7 Å². The van der Waals surface area contributed by atoms with Gasteiger partial charge in [-0.15, -0.1) is 0 Å². The van der Waals surface area contributed by atoms with Crippen LogP contribution in [0.15, 0.2) is 133 Å². The maximum atomic E-state index is 6.71. The summed E-state index contributed by atoms with van der Waals surface area (Å²) in [6, 6.07) is 44.7. The first-order valence-corrected chi connectivity index (χ1v) is 17.9. The van der Waals surface area contributed by atoms with Crippen LogP contribution in [0.3, 0.4) is 0 Å². The van der Waals surface area contributed by atoms with Gasteiger partial charge in [0.1, 0.15) is 29.1 Å². The van der Waals surface area contributed by atoms with Crippen molar-refractivity contribution >= 4 is 36.9 Å². The summed E-state index contributed by atoms with van der Waals surface area (Å²) in [4.78, 5) is 0. The number of para-hydroxylation sites is 2. The second-order valence-electron chi connectivity index (χ2n) is 12.3. The summed E-state index contributed by atoms with van der Waals surface area (Å²) in [6.07, 6.45) is 0.571. The van der Waals surface area contributed by atoms with E-state index >= 15 is 0 Å². The zero-order chi connectivity index (χ0) is 32.2. The van der Waals surface area contributed by atoms with Crippen LogP contribution in [0.5, 0.6) is 23.0 Å². The quantitative estimate of drug-likeness (QED) is 0.157. The predicted molar refractivity (Wildman–Crippen MR) is 193 cm³/mol. The van der Waals surface area contributed by atoms with E-state index in [2.05, 4.69) is 60.7 Å². The lowest BCUT2D eigenvalue weighted by molar-refractivity contribution is 0.237. The summed E-state index contributed by atoms with van der Waals surface area (Å²) in [5, 5.41) is 2.30. The van der Waals surface area contributed by atoms with Crippen LogP contribution in [-0.2, 0) is 6.42 Å². The lowest BCUT2D eigenvalue weighted by Crippen LogP contribution is -2.17. The monoisotopic (exact) mass is 686 g/mol. The molecule has 2 heterocycles. The maximum absolute atomic E-state index is 6.71. The molecule has 236 valence electrons. The first-order valence-electron chi connectivity index (χ1n) is 16.0. The first-order chi connectivity index (χ1) is 23.6. The Hall–Kier alpha value is -4.47. The minimum Gasteiger partial charge on any atom is -0.493 e. The molecule has 6 aromatic carbocycles. The van der Waals surface area contributed by atoms with Gasteiger partial charge in [-0.3, -0.25) is 0 Å². The number of ether oxygens (including phenoxy) is 2. The third-order valence-electron chi connectivity index (χ3n) is 9.35. The Kier molecular flexibility index (Phi) is 7.54. The van der Waals surface area contributed by atoms with Gasteiger partial charge in [0.15, 0.2) is 0 Å². The zero-order valence-corrected chi connectivity index (χ0v) is 28.1. The van der Waals surface area contributed by atoms with Crippen molar-refractivity contribution in [2.24, 2.45) is 5.92 Å². The average molecular weight is 688 g/mol. The minimum absolute atomic E-state index is 0.0595. The van der Waals surface area contributed by atoms with Crippen LogP contribution in [0.4, 0.5) is 0 Å². The van der Waals surface area contributed by atoms with E-state index in [0.717, 1.165) is 50.4 Å². The zero-order valence-electron chi connectivity index (χ0n) is 25.7. The maximum Gasteiger partial charge on any atom is 0.326 e. The van der Waals surface area contributed by atoms with Gasteiger partial charge in [-0.05, 0) is 71.3 Å². The highest BCUT2D eigenvalue weighted by molar-refractivity contribution is 7.57. The van der Waals surface area contributed by atoms with Gasteiger partial charge in [0.25, 0.3) is 0 Å². The van der Waals surface area contributed by atoms with E-state index in [1.54, 1.807) is 0 Å². The number of hydrogen-bond donors (Lipinski definition) is 0. The van der Waals surface area contributed by atoms with Gasteiger partial charge >= 0.3 is 8.38 Å². The molecule has 3 unspecified atom stereocenters. The molecule has 0 bridgehead atoms. The van der Waals surface area contributed by atoms with Crippen LogP contribution in [0.1, 0.15) is 22.6 Å². The van der Waals surface area contributed by atoms with Gasteiger partial charge in [-0.2, -0.15) is 0 Å². The van der Waals surface area contributed by atoms with E-state index in [1.165, 1.54) is 11.1 Å². The highest BCUT2D eigenvalue weighted by Gasteiger charge is 2.56. The fourth-order valence-electron chi connectivity index (χ4n) is 7.00. The second-order valence-corrected chi connectivity index (χ2v) is 14.5. The molecular weight excluding hydrogens is 658 g/mol. The van der Waals surface area contributed by atoms with Gasteiger partial charge in [-0.25, -0.2) is 0 Å². The third-order valence-corrected chi connectivity index (χ3v) is 11.3. The molecule has 9 rings (SSSR count). The van der Waals surface area contributed by atoms with Crippen LogP contribution in [0.2, 0.25) is 10.0 Å². The largest absolute Gasteiger partial charge is 0.493 e. The number of benzene rings is 6. The third kappa shape index (κ3) is 5.39. The van der Waals surface area contributed by atoms with E-state index in [9.17, 15) is 0 Å². The lowest BCUT2D eigenvalue weighted by Gasteiger charge is -2.28. The van der Waals surface area contributed by atoms with Crippen molar-refractivity contribution in [1.29, 1.82) is 0 Å².